The van der Waals surface area contributed by atoms with Crippen LogP contribution in [-0.2, 0) is 11.3 Å². The van der Waals surface area contributed by atoms with Crippen molar-refractivity contribution in [1.29, 1.82) is 0 Å². The van der Waals surface area contributed by atoms with E-state index in [1.165, 1.54) is 12.1 Å². The molecule has 0 saturated heterocycles. The molecule has 0 aliphatic heterocycles. The van der Waals surface area contributed by atoms with E-state index in [2.05, 4.69) is 4.98 Å². The fourth-order valence-electron chi connectivity index (χ4n) is 1.37. The second-order valence-electron chi connectivity index (χ2n) is 3.07. The summed E-state index contributed by atoms with van der Waals surface area (Å²) in [5, 5.41) is 0.810. The maximum Gasteiger partial charge on any atom is 0.123 e. The predicted octanol–water partition coefficient (Wildman–Crippen LogP) is 2.52. The Morgan fingerprint density at radius 1 is 1.29 bits per heavy atom. The van der Waals surface area contributed by atoms with Crippen molar-refractivity contribution in [3.8, 4) is 0 Å². The first-order valence-electron chi connectivity index (χ1n) is 4.34. The maximum absolute atomic E-state index is 12.8. The third kappa shape index (κ3) is 1.72. The zero-order valence-electron chi connectivity index (χ0n) is 7.83. The topological polar surface area (TPSA) is 22.1 Å². The summed E-state index contributed by atoms with van der Waals surface area (Å²) in [6.45, 7) is 0.479. The average Bonchev–Trinajstić information content (AvgIpc) is 2.19. The van der Waals surface area contributed by atoms with Gasteiger partial charge in [-0.05, 0) is 24.3 Å². The lowest BCUT2D eigenvalue weighted by atomic mass is 10.2. The Morgan fingerprint density at radius 2 is 2.14 bits per heavy atom. The lowest BCUT2D eigenvalue weighted by molar-refractivity contribution is 0.182. The van der Waals surface area contributed by atoms with Crippen LogP contribution in [0, 0.1) is 5.82 Å². The Bertz CT molecular complexity index is 456. The van der Waals surface area contributed by atoms with Crippen molar-refractivity contribution in [2.45, 2.75) is 6.61 Å². The van der Waals surface area contributed by atoms with Crippen LogP contribution in [0.5, 0.6) is 0 Å². The molecule has 0 spiro atoms. The minimum atomic E-state index is -0.237. The van der Waals surface area contributed by atoms with E-state index in [0.29, 0.717) is 6.61 Å². The maximum atomic E-state index is 12.8. The first kappa shape index (κ1) is 9.09. The number of aromatic nitrogens is 1. The van der Waals surface area contributed by atoms with E-state index in [-0.39, 0.29) is 5.82 Å². The molecule has 72 valence electrons. The second kappa shape index (κ2) is 3.72. The number of rotatable bonds is 2. The van der Waals surface area contributed by atoms with Gasteiger partial charge in [-0.3, -0.25) is 4.98 Å². The molecule has 2 aromatic rings. The zero-order valence-corrected chi connectivity index (χ0v) is 7.83. The summed E-state index contributed by atoms with van der Waals surface area (Å²) in [6, 6.07) is 8.24. The monoisotopic (exact) mass is 191 g/mol. The molecule has 0 aliphatic carbocycles. The molecule has 0 bridgehead atoms. The van der Waals surface area contributed by atoms with Gasteiger partial charge in [-0.1, -0.05) is 6.07 Å². The lowest BCUT2D eigenvalue weighted by Gasteiger charge is -2.01. The smallest absolute Gasteiger partial charge is 0.123 e. The molecule has 1 aromatic heterocycles. The Labute approximate surface area is 81.3 Å². The van der Waals surface area contributed by atoms with Gasteiger partial charge in [0.15, 0.2) is 0 Å². The van der Waals surface area contributed by atoms with Gasteiger partial charge in [0.05, 0.1) is 17.8 Å². The highest BCUT2D eigenvalue weighted by atomic mass is 19.1. The molecule has 1 aromatic carbocycles. The minimum Gasteiger partial charge on any atom is -0.378 e. The molecular weight excluding hydrogens is 181 g/mol. The van der Waals surface area contributed by atoms with E-state index in [1.807, 2.05) is 12.1 Å². The Morgan fingerprint density at radius 3 is 2.93 bits per heavy atom. The fourth-order valence-corrected chi connectivity index (χ4v) is 1.37. The standard InChI is InChI=1S/C11H10FNO/c1-14-7-10-4-2-8-6-9(12)3-5-11(8)13-10/h2-6H,7H2,1H3. The molecule has 2 rings (SSSR count). The van der Waals surface area contributed by atoms with E-state index in [4.69, 9.17) is 4.74 Å². The molecule has 3 heteroatoms. The van der Waals surface area contributed by atoms with Crippen molar-refractivity contribution in [2.24, 2.45) is 0 Å². The van der Waals surface area contributed by atoms with Crippen molar-refractivity contribution < 1.29 is 9.13 Å². The van der Waals surface area contributed by atoms with E-state index >= 15 is 0 Å². The first-order chi connectivity index (χ1) is 6.79. The van der Waals surface area contributed by atoms with E-state index in [0.717, 1.165) is 16.6 Å². The van der Waals surface area contributed by atoms with Gasteiger partial charge in [0.25, 0.3) is 0 Å². The summed E-state index contributed by atoms with van der Waals surface area (Å²) in [5.41, 5.74) is 1.65. The molecule has 0 fully saturated rings. The number of methoxy groups -OCH3 is 1. The average molecular weight is 191 g/mol. The van der Waals surface area contributed by atoms with Gasteiger partial charge in [-0.25, -0.2) is 4.39 Å². The summed E-state index contributed by atoms with van der Waals surface area (Å²) in [7, 11) is 1.62. The number of pyridine rings is 1. The summed E-state index contributed by atoms with van der Waals surface area (Å²) < 4.78 is 17.8. The zero-order chi connectivity index (χ0) is 9.97. The van der Waals surface area contributed by atoms with Gasteiger partial charge < -0.3 is 4.74 Å². The molecule has 1 heterocycles. The first-order valence-corrected chi connectivity index (χ1v) is 4.34. The second-order valence-corrected chi connectivity index (χ2v) is 3.07. The van der Waals surface area contributed by atoms with Crippen molar-refractivity contribution >= 4 is 10.9 Å². The normalized spacial score (nSPS) is 10.7. The number of benzene rings is 1. The number of halogens is 1. The molecule has 0 unspecified atom stereocenters. The minimum absolute atomic E-state index is 0.237. The summed E-state index contributed by atoms with van der Waals surface area (Å²) in [6.07, 6.45) is 0. The lowest BCUT2D eigenvalue weighted by Crippen LogP contribution is -1.92. The number of nitrogens with zero attached hydrogens (tertiary/aromatic N) is 1. The van der Waals surface area contributed by atoms with Gasteiger partial charge in [-0.15, -0.1) is 0 Å². The van der Waals surface area contributed by atoms with Crippen molar-refractivity contribution in [3.63, 3.8) is 0 Å². The Kier molecular flexibility index (Phi) is 2.41. The van der Waals surface area contributed by atoms with Crippen molar-refractivity contribution in [3.05, 3.63) is 41.8 Å². The van der Waals surface area contributed by atoms with Crippen molar-refractivity contribution in [2.75, 3.05) is 7.11 Å². The Hall–Kier alpha value is -1.48. The quantitative estimate of drug-likeness (QED) is 0.727. The summed E-state index contributed by atoms with van der Waals surface area (Å²) >= 11 is 0. The van der Waals surface area contributed by atoms with Crippen LogP contribution < -0.4 is 0 Å². The number of hydrogen-bond acceptors (Lipinski definition) is 2. The summed E-state index contributed by atoms with van der Waals surface area (Å²) in [5.74, 6) is -0.237. The van der Waals surface area contributed by atoms with Crippen LogP contribution >= 0.6 is 0 Å². The molecule has 14 heavy (non-hydrogen) atoms. The predicted molar refractivity (Wildman–Crippen MR) is 52.4 cm³/mol. The van der Waals surface area contributed by atoms with Gasteiger partial charge in [0.1, 0.15) is 5.82 Å². The van der Waals surface area contributed by atoms with Gasteiger partial charge in [0, 0.05) is 12.5 Å². The van der Waals surface area contributed by atoms with Crippen LogP contribution in [0.15, 0.2) is 30.3 Å². The largest absolute Gasteiger partial charge is 0.378 e. The van der Waals surface area contributed by atoms with Crippen LogP contribution in [0.3, 0.4) is 0 Å². The molecule has 0 amide bonds. The van der Waals surface area contributed by atoms with Crippen molar-refractivity contribution in [1.82, 2.24) is 4.98 Å². The van der Waals surface area contributed by atoms with E-state index in [1.54, 1.807) is 13.2 Å². The van der Waals surface area contributed by atoms with Crippen LogP contribution in [0.4, 0.5) is 4.39 Å². The SMILES string of the molecule is COCc1ccc2cc(F)ccc2n1. The molecule has 0 atom stereocenters. The third-order valence-corrected chi connectivity index (χ3v) is 2.00. The van der Waals surface area contributed by atoms with Crippen LogP contribution in [0.1, 0.15) is 5.69 Å². The van der Waals surface area contributed by atoms with Crippen LogP contribution in [-0.4, -0.2) is 12.1 Å². The van der Waals surface area contributed by atoms with Gasteiger partial charge in [0.2, 0.25) is 0 Å². The molecule has 0 N–H and O–H groups in total. The highest BCUT2D eigenvalue weighted by Crippen LogP contribution is 2.14. The van der Waals surface area contributed by atoms with Crippen LogP contribution in [0.2, 0.25) is 0 Å². The molecule has 0 saturated carbocycles. The number of ether oxygens (including phenoxy) is 1. The fraction of sp³-hybridized carbons (Fsp3) is 0.182. The van der Waals surface area contributed by atoms with Crippen LogP contribution in [0.25, 0.3) is 10.9 Å². The number of fused-ring (bicyclic) bond motifs is 1. The molecule has 0 radical (unpaired) electrons. The van der Waals surface area contributed by atoms with E-state index in [9.17, 15) is 4.39 Å². The molecular formula is C11H10FNO. The molecule has 0 aliphatic rings. The highest BCUT2D eigenvalue weighted by molar-refractivity contribution is 5.78. The van der Waals surface area contributed by atoms with E-state index < -0.39 is 0 Å². The van der Waals surface area contributed by atoms with Gasteiger partial charge in [-0.2, -0.15) is 0 Å². The Balaban J connectivity index is 2.50. The summed E-state index contributed by atoms with van der Waals surface area (Å²) in [4.78, 5) is 4.31. The third-order valence-electron chi connectivity index (χ3n) is 2.00. The van der Waals surface area contributed by atoms with Gasteiger partial charge >= 0.3 is 0 Å². The molecule has 2 nitrogen and oxygen atoms in total. The highest BCUT2D eigenvalue weighted by Gasteiger charge is 1.99. The number of hydrogen-bond donors (Lipinski definition) is 0.